The fraction of sp³-hybridized carbons (Fsp3) is 0.300. The molecule has 180 valence electrons. The van der Waals surface area contributed by atoms with Gasteiger partial charge in [-0.05, 0) is 86.9 Å². The quantitative estimate of drug-likeness (QED) is 0.196. The van der Waals surface area contributed by atoms with Gasteiger partial charge in [-0.3, -0.25) is 4.99 Å². The predicted molar refractivity (Wildman–Crippen MR) is 155 cm³/mol. The molecule has 0 aromatic heterocycles. The van der Waals surface area contributed by atoms with E-state index in [-0.39, 0.29) is 0 Å². The number of rotatable bonds is 9. The SMILES string of the molecule is C=C(/C=C(\C)NCc1ccc(NC(=C)C2CC2)cc1)c1ccccc1C.CN=CC(S)=C(C)C. The zero-order valence-corrected chi connectivity index (χ0v) is 22.2. The summed E-state index contributed by atoms with van der Waals surface area (Å²) in [7, 11) is 1.74. The Morgan fingerprint density at radius 3 is 2.24 bits per heavy atom. The molecular formula is C30H39N3S. The van der Waals surface area contributed by atoms with Crippen LogP contribution in [0.5, 0.6) is 0 Å². The molecule has 1 aliphatic carbocycles. The molecule has 0 bridgehead atoms. The van der Waals surface area contributed by atoms with Crippen LogP contribution in [0, 0.1) is 12.8 Å². The summed E-state index contributed by atoms with van der Waals surface area (Å²) in [5, 5.41) is 6.88. The number of hydrogen-bond donors (Lipinski definition) is 3. The summed E-state index contributed by atoms with van der Waals surface area (Å²) >= 11 is 4.14. The van der Waals surface area contributed by atoms with Crippen LogP contribution in [0.15, 0.2) is 94.6 Å². The van der Waals surface area contributed by atoms with E-state index in [1.165, 1.54) is 35.1 Å². The number of aryl methyl sites for hydroxylation is 1. The Balaban J connectivity index is 0.000000440. The summed E-state index contributed by atoms with van der Waals surface area (Å²) in [5.74, 6) is 0.672. The van der Waals surface area contributed by atoms with Crippen molar-refractivity contribution in [3.8, 4) is 0 Å². The van der Waals surface area contributed by atoms with Crippen LogP contribution in [-0.2, 0) is 6.54 Å². The summed E-state index contributed by atoms with van der Waals surface area (Å²) < 4.78 is 0. The van der Waals surface area contributed by atoms with E-state index >= 15 is 0 Å². The predicted octanol–water partition coefficient (Wildman–Crippen LogP) is 7.95. The largest absolute Gasteiger partial charge is 0.384 e. The maximum Gasteiger partial charge on any atom is 0.0397 e. The lowest BCUT2D eigenvalue weighted by molar-refractivity contribution is 0.812. The molecule has 1 fully saturated rings. The molecule has 4 heteroatoms. The van der Waals surface area contributed by atoms with Crippen LogP contribution in [0.1, 0.15) is 50.3 Å². The Morgan fingerprint density at radius 2 is 1.71 bits per heavy atom. The molecule has 34 heavy (non-hydrogen) atoms. The van der Waals surface area contributed by atoms with Gasteiger partial charge in [0.05, 0.1) is 0 Å². The lowest BCUT2D eigenvalue weighted by Gasteiger charge is -2.11. The summed E-state index contributed by atoms with van der Waals surface area (Å²) in [6.07, 6.45) is 6.39. The minimum Gasteiger partial charge on any atom is -0.384 e. The average molecular weight is 474 g/mol. The molecule has 0 aliphatic heterocycles. The minimum atomic E-state index is 0.672. The first kappa shape index (κ1) is 27.3. The highest BCUT2D eigenvalue weighted by Gasteiger charge is 2.24. The second-order valence-electron chi connectivity index (χ2n) is 8.92. The van der Waals surface area contributed by atoms with Crippen LogP contribution < -0.4 is 10.6 Å². The van der Waals surface area contributed by atoms with Gasteiger partial charge in [0, 0.05) is 41.8 Å². The van der Waals surface area contributed by atoms with Crippen molar-refractivity contribution in [1.29, 1.82) is 0 Å². The smallest absolute Gasteiger partial charge is 0.0397 e. The molecule has 0 spiro atoms. The Kier molecular flexibility index (Phi) is 11.0. The Bertz CT molecular complexity index is 1070. The van der Waals surface area contributed by atoms with E-state index in [4.69, 9.17) is 0 Å². The number of thiol groups is 1. The van der Waals surface area contributed by atoms with Crippen molar-refractivity contribution in [2.75, 3.05) is 12.4 Å². The van der Waals surface area contributed by atoms with Gasteiger partial charge in [-0.15, -0.1) is 12.6 Å². The molecule has 0 saturated heterocycles. The molecule has 0 amide bonds. The van der Waals surface area contributed by atoms with Crippen molar-refractivity contribution in [2.24, 2.45) is 10.9 Å². The topological polar surface area (TPSA) is 36.4 Å². The highest BCUT2D eigenvalue weighted by atomic mass is 32.1. The second-order valence-corrected chi connectivity index (χ2v) is 9.40. The van der Waals surface area contributed by atoms with Crippen LogP contribution in [0.25, 0.3) is 5.57 Å². The molecule has 0 atom stereocenters. The third-order valence-electron chi connectivity index (χ3n) is 5.55. The zero-order chi connectivity index (χ0) is 25.1. The molecule has 2 aromatic rings. The second kappa shape index (κ2) is 13.7. The van der Waals surface area contributed by atoms with Crippen molar-refractivity contribution in [3.05, 3.63) is 106 Å². The van der Waals surface area contributed by atoms with Crippen molar-refractivity contribution in [3.63, 3.8) is 0 Å². The van der Waals surface area contributed by atoms with Crippen LogP contribution in [0.2, 0.25) is 0 Å². The number of aliphatic imine (C=N–C) groups is 1. The van der Waals surface area contributed by atoms with Crippen molar-refractivity contribution in [1.82, 2.24) is 5.32 Å². The summed E-state index contributed by atoms with van der Waals surface area (Å²) in [6.45, 7) is 17.3. The van der Waals surface area contributed by atoms with E-state index in [0.29, 0.717) is 5.92 Å². The number of allylic oxidation sites excluding steroid dienone is 6. The van der Waals surface area contributed by atoms with Gasteiger partial charge >= 0.3 is 0 Å². The molecule has 1 saturated carbocycles. The van der Waals surface area contributed by atoms with E-state index in [1.807, 2.05) is 13.8 Å². The van der Waals surface area contributed by atoms with Gasteiger partial charge in [0.1, 0.15) is 0 Å². The molecule has 2 N–H and O–H groups in total. The maximum atomic E-state index is 4.21. The van der Waals surface area contributed by atoms with E-state index < -0.39 is 0 Å². The van der Waals surface area contributed by atoms with Gasteiger partial charge in [-0.25, -0.2) is 0 Å². The molecule has 3 nitrogen and oxygen atoms in total. The van der Waals surface area contributed by atoms with Crippen molar-refractivity contribution >= 4 is 30.1 Å². The maximum absolute atomic E-state index is 4.21. The zero-order valence-electron chi connectivity index (χ0n) is 21.3. The normalized spacial score (nSPS) is 13.1. The first-order valence-electron chi connectivity index (χ1n) is 11.7. The summed E-state index contributed by atoms with van der Waals surface area (Å²) in [6, 6.07) is 16.9. The van der Waals surface area contributed by atoms with Crippen LogP contribution in [0.4, 0.5) is 5.69 Å². The van der Waals surface area contributed by atoms with Crippen LogP contribution in [0.3, 0.4) is 0 Å². The molecule has 3 rings (SSSR count). The van der Waals surface area contributed by atoms with Gasteiger partial charge < -0.3 is 10.6 Å². The molecule has 1 aliphatic rings. The van der Waals surface area contributed by atoms with E-state index in [9.17, 15) is 0 Å². The first-order chi connectivity index (χ1) is 16.2. The first-order valence-corrected chi connectivity index (χ1v) is 12.2. The summed E-state index contributed by atoms with van der Waals surface area (Å²) in [5.41, 5.74) is 9.29. The summed E-state index contributed by atoms with van der Waals surface area (Å²) in [4.78, 5) is 4.75. The number of nitrogens with zero attached hydrogens (tertiary/aromatic N) is 1. The molecule has 0 radical (unpaired) electrons. The molecule has 0 heterocycles. The van der Waals surface area contributed by atoms with Gasteiger partial charge in [-0.1, -0.05) is 55.1 Å². The number of hydrogen-bond acceptors (Lipinski definition) is 4. The third kappa shape index (κ3) is 9.48. The monoisotopic (exact) mass is 473 g/mol. The minimum absolute atomic E-state index is 0.672. The van der Waals surface area contributed by atoms with Crippen molar-refractivity contribution < 1.29 is 0 Å². The van der Waals surface area contributed by atoms with Gasteiger partial charge in [-0.2, -0.15) is 0 Å². The Hall–Kier alpha value is -2.98. The lowest BCUT2D eigenvalue weighted by Crippen LogP contribution is -2.10. The standard InChI is InChI=1S/C24H28N2.C6H11NS/c1-17-7-5-6-8-24(17)18(2)15-19(3)25-16-21-9-13-23(14-10-21)26-20(4)22-11-12-22;1-5(2)6(8)4-7-3/h5-10,13-15,22,25-26H,2,4,11-12,16H2,1,3H3;4,8H,1-3H3/b19-15+;. The van der Waals surface area contributed by atoms with Crippen LogP contribution >= 0.6 is 12.6 Å². The Labute approximate surface area is 211 Å². The Morgan fingerprint density at radius 1 is 1.06 bits per heavy atom. The lowest BCUT2D eigenvalue weighted by atomic mass is 10.0. The third-order valence-corrected chi connectivity index (χ3v) is 6.11. The highest BCUT2D eigenvalue weighted by Crippen LogP contribution is 2.35. The number of anilines is 1. The number of benzene rings is 2. The van der Waals surface area contributed by atoms with E-state index in [0.717, 1.165) is 34.1 Å². The van der Waals surface area contributed by atoms with Gasteiger partial charge in [0.15, 0.2) is 0 Å². The number of nitrogens with one attached hydrogen (secondary N) is 2. The van der Waals surface area contributed by atoms with E-state index in [1.54, 1.807) is 13.3 Å². The molecular weight excluding hydrogens is 434 g/mol. The van der Waals surface area contributed by atoms with Gasteiger partial charge in [0.2, 0.25) is 0 Å². The molecule has 2 aromatic carbocycles. The fourth-order valence-electron chi connectivity index (χ4n) is 3.24. The fourth-order valence-corrected chi connectivity index (χ4v) is 3.36. The van der Waals surface area contributed by atoms with E-state index in [2.05, 4.69) is 110 Å². The van der Waals surface area contributed by atoms with Crippen molar-refractivity contribution in [2.45, 2.75) is 47.1 Å². The van der Waals surface area contributed by atoms with Crippen LogP contribution in [-0.4, -0.2) is 13.3 Å². The highest BCUT2D eigenvalue weighted by molar-refractivity contribution is 7.85. The average Bonchev–Trinajstić information content (AvgIpc) is 3.65. The molecule has 0 unspecified atom stereocenters. The van der Waals surface area contributed by atoms with Gasteiger partial charge in [0.25, 0.3) is 0 Å².